The van der Waals surface area contributed by atoms with Crippen molar-refractivity contribution < 1.29 is 4.79 Å². The van der Waals surface area contributed by atoms with Crippen molar-refractivity contribution >= 4 is 46.1 Å². The van der Waals surface area contributed by atoms with E-state index < -0.39 is 0 Å². The number of carbonyl (C=O) groups is 1. The van der Waals surface area contributed by atoms with E-state index in [1.54, 1.807) is 30.3 Å². The lowest BCUT2D eigenvalue weighted by Crippen LogP contribution is -2.13. The average molecular weight is 447 g/mol. The normalized spacial score (nSPS) is 10.9. The zero-order chi connectivity index (χ0) is 22.1. The number of hydrogen-bond donors (Lipinski definition) is 5. The van der Waals surface area contributed by atoms with Crippen molar-refractivity contribution in [3.63, 3.8) is 0 Å². The molecule has 11 heteroatoms. The van der Waals surface area contributed by atoms with Crippen LogP contribution >= 0.6 is 11.6 Å². The number of amides is 1. The number of aromatic amines is 3. The van der Waals surface area contributed by atoms with E-state index >= 15 is 0 Å². The number of H-pyrrole nitrogens is 3. The number of fused-ring (bicyclic) bond motifs is 1. The lowest BCUT2D eigenvalue weighted by atomic mass is 10.1. The predicted octanol–water partition coefficient (Wildman–Crippen LogP) is 3.69. The minimum atomic E-state index is -0.367. The van der Waals surface area contributed by atoms with Gasteiger partial charge in [0.05, 0.1) is 40.0 Å². The van der Waals surface area contributed by atoms with Gasteiger partial charge in [-0.1, -0.05) is 29.8 Å². The Morgan fingerprint density at radius 2 is 1.88 bits per heavy atom. The van der Waals surface area contributed by atoms with Crippen LogP contribution in [0, 0.1) is 0 Å². The molecule has 0 saturated heterocycles. The zero-order valence-corrected chi connectivity index (χ0v) is 17.1. The molecular formula is C21H15ClN8O2. The summed E-state index contributed by atoms with van der Waals surface area (Å²) in [4.78, 5) is 45.5. The monoisotopic (exact) mass is 446 g/mol. The molecule has 3 heterocycles. The fourth-order valence-electron chi connectivity index (χ4n) is 3.14. The number of para-hydroxylation sites is 1. The van der Waals surface area contributed by atoms with Crippen molar-refractivity contribution in [3.05, 3.63) is 82.1 Å². The van der Waals surface area contributed by atoms with Crippen molar-refractivity contribution in [2.45, 2.75) is 0 Å². The number of nitrogens with zero attached hydrogens (tertiary/aromatic N) is 3. The van der Waals surface area contributed by atoms with Crippen molar-refractivity contribution in [1.29, 1.82) is 0 Å². The van der Waals surface area contributed by atoms with Crippen molar-refractivity contribution in [3.8, 4) is 11.3 Å². The van der Waals surface area contributed by atoms with Crippen LogP contribution in [-0.4, -0.2) is 35.8 Å². The summed E-state index contributed by atoms with van der Waals surface area (Å²) in [6.45, 7) is 0. The first kappa shape index (κ1) is 19.5. The van der Waals surface area contributed by atoms with Crippen LogP contribution in [-0.2, 0) is 0 Å². The van der Waals surface area contributed by atoms with E-state index in [4.69, 9.17) is 11.6 Å². The number of carbonyl (C=O) groups excluding carboxylic acids is 1. The minimum Gasteiger partial charge on any atom is -0.341 e. The Bertz CT molecular complexity index is 1490. The first-order chi connectivity index (χ1) is 15.5. The summed E-state index contributed by atoms with van der Waals surface area (Å²) in [6, 6.07) is 13.9. The Kier molecular flexibility index (Phi) is 4.88. The van der Waals surface area contributed by atoms with Crippen LogP contribution in [0.4, 0.5) is 17.6 Å². The van der Waals surface area contributed by atoms with Crippen molar-refractivity contribution in [2.24, 2.45) is 0 Å². The van der Waals surface area contributed by atoms with E-state index in [1.807, 2.05) is 12.1 Å². The molecule has 2 aromatic carbocycles. The number of nitrogens with one attached hydrogen (secondary N) is 5. The van der Waals surface area contributed by atoms with Crippen LogP contribution in [0.25, 0.3) is 22.3 Å². The molecule has 0 radical (unpaired) electrons. The molecule has 1 amide bonds. The third-order valence-electron chi connectivity index (χ3n) is 4.62. The maximum atomic E-state index is 12.2. The van der Waals surface area contributed by atoms with Gasteiger partial charge in [0.15, 0.2) is 0 Å². The quantitative estimate of drug-likeness (QED) is 0.278. The molecule has 10 nitrogen and oxygen atoms in total. The Morgan fingerprint density at radius 3 is 2.69 bits per heavy atom. The Morgan fingerprint density at radius 1 is 1.00 bits per heavy atom. The number of hydrogen-bond acceptors (Lipinski definition) is 6. The van der Waals surface area contributed by atoms with Gasteiger partial charge in [-0.2, -0.15) is 0 Å². The molecule has 0 saturated carbocycles. The maximum Gasteiger partial charge on any atom is 0.276 e. The molecule has 32 heavy (non-hydrogen) atoms. The summed E-state index contributed by atoms with van der Waals surface area (Å²) in [7, 11) is 0. The summed E-state index contributed by atoms with van der Waals surface area (Å²) in [5, 5.41) is 6.20. The summed E-state index contributed by atoms with van der Waals surface area (Å²) < 4.78 is 0. The van der Waals surface area contributed by atoms with E-state index in [0.29, 0.717) is 38.7 Å². The zero-order valence-electron chi connectivity index (χ0n) is 16.3. The summed E-state index contributed by atoms with van der Waals surface area (Å²) >= 11 is 6.18. The van der Waals surface area contributed by atoms with E-state index in [0.717, 1.165) is 0 Å². The third kappa shape index (κ3) is 3.94. The standard InChI is InChI=1S/C21H15ClN8O2/c22-12-3-1-2-4-13(12)25-20-27-15(8-18(31)29-20)11-5-6-14-16(7-11)28-21(26-14)30-19(32)17-9-23-10-24-17/h1-10H,(H,23,24)(H2,25,27,29,31)(H2,26,28,30,32). The highest BCUT2D eigenvalue weighted by atomic mass is 35.5. The molecule has 0 atom stereocenters. The molecule has 0 aliphatic rings. The highest BCUT2D eigenvalue weighted by Gasteiger charge is 2.12. The third-order valence-corrected chi connectivity index (χ3v) is 4.95. The van der Waals surface area contributed by atoms with Gasteiger partial charge in [0.25, 0.3) is 11.5 Å². The van der Waals surface area contributed by atoms with E-state index in [-0.39, 0.29) is 23.4 Å². The molecule has 3 aromatic heterocycles. The van der Waals surface area contributed by atoms with Crippen LogP contribution < -0.4 is 16.2 Å². The van der Waals surface area contributed by atoms with Crippen LogP contribution in [0.15, 0.2) is 65.8 Å². The second-order valence-electron chi connectivity index (χ2n) is 6.82. The predicted molar refractivity (Wildman–Crippen MR) is 121 cm³/mol. The summed E-state index contributed by atoms with van der Waals surface area (Å²) in [5.74, 6) is 0.183. The van der Waals surface area contributed by atoms with E-state index in [9.17, 15) is 9.59 Å². The van der Waals surface area contributed by atoms with Gasteiger partial charge in [-0.3, -0.25) is 19.9 Å². The molecule has 0 unspecified atom stereocenters. The molecule has 0 bridgehead atoms. The Hall–Kier alpha value is -4.44. The first-order valence-corrected chi connectivity index (χ1v) is 9.86. The topological polar surface area (TPSA) is 144 Å². The summed E-state index contributed by atoms with van der Waals surface area (Å²) in [6.07, 6.45) is 2.84. The van der Waals surface area contributed by atoms with Gasteiger partial charge < -0.3 is 15.3 Å². The maximum absolute atomic E-state index is 12.2. The smallest absolute Gasteiger partial charge is 0.276 e. The fraction of sp³-hybridized carbons (Fsp3) is 0. The lowest BCUT2D eigenvalue weighted by Gasteiger charge is -2.08. The van der Waals surface area contributed by atoms with Gasteiger partial charge in [-0.05, 0) is 24.3 Å². The molecule has 0 aliphatic carbocycles. The number of aromatic nitrogens is 6. The molecule has 0 spiro atoms. The second-order valence-corrected chi connectivity index (χ2v) is 7.23. The van der Waals surface area contributed by atoms with Crippen LogP contribution in [0.5, 0.6) is 0 Å². The van der Waals surface area contributed by atoms with Gasteiger partial charge in [-0.15, -0.1) is 0 Å². The lowest BCUT2D eigenvalue weighted by molar-refractivity contribution is 0.102. The second kappa shape index (κ2) is 8.00. The number of benzene rings is 2. The molecule has 5 N–H and O–H groups in total. The first-order valence-electron chi connectivity index (χ1n) is 9.48. The summed E-state index contributed by atoms with van der Waals surface area (Å²) in [5.41, 5.74) is 3.09. The largest absolute Gasteiger partial charge is 0.341 e. The van der Waals surface area contributed by atoms with Crippen LogP contribution in [0.3, 0.4) is 0 Å². The van der Waals surface area contributed by atoms with E-state index in [1.165, 1.54) is 18.6 Å². The van der Waals surface area contributed by atoms with Gasteiger partial charge in [0, 0.05) is 11.6 Å². The highest BCUT2D eigenvalue weighted by Crippen LogP contribution is 2.25. The Labute approximate surface area is 185 Å². The number of imidazole rings is 2. The van der Waals surface area contributed by atoms with Gasteiger partial charge in [0.1, 0.15) is 5.69 Å². The molecule has 5 aromatic rings. The molecular weight excluding hydrogens is 432 g/mol. The SMILES string of the molecule is O=C(Nc1nc2ccc(-c3cc(=O)[nH]c(Nc4ccccc4Cl)n3)cc2[nH]1)c1cnc[nH]1. The van der Waals surface area contributed by atoms with Gasteiger partial charge >= 0.3 is 0 Å². The van der Waals surface area contributed by atoms with Crippen molar-refractivity contribution in [1.82, 2.24) is 29.9 Å². The number of halogens is 1. The fourth-order valence-corrected chi connectivity index (χ4v) is 3.32. The molecule has 0 aliphatic heterocycles. The highest BCUT2D eigenvalue weighted by molar-refractivity contribution is 6.33. The molecule has 158 valence electrons. The van der Waals surface area contributed by atoms with Gasteiger partial charge in [-0.25, -0.2) is 15.0 Å². The number of anilines is 3. The Balaban J connectivity index is 1.44. The van der Waals surface area contributed by atoms with E-state index in [2.05, 4.69) is 40.5 Å². The molecule has 0 fully saturated rings. The van der Waals surface area contributed by atoms with Gasteiger partial charge in [0.2, 0.25) is 11.9 Å². The minimum absolute atomic E-state index is 0.262. The van der Waals surface area contributed by atoms with Crippen LogP contribution in [0.1, 0.15) is 10.5 Å². The number of rotatable bonds is 5. The van der Waals surface area contributed by atoms with Crippen LogP contribution in [0.2, 0.25) is 5.02 Å². The average Bonchev–Trinajstić information content (AvgIpc) is 3.44. The molecule has 5 rings (SSSR count). The van der Waals surface area contributed by atoms with Crippen molar-refractivity contribution in [2.75, 3.05) is 10.6 Å².